The Bertz CT molecular complexity index is 1000. The van der Waals surface area contributed by atoms with Crippen LogP contribution in [0.2, 0.25) is 0 Å². The molecular formula is C17H14F3N5S. The van der Waals surface area contributed by atoms with E-state index < -0.39 is 11.7 Å². The van der Waals surface area contributed by atoms with Crippen LogP contribution in [-0.4, -0.2) is 25.3 Å². The number of aryl methyl sites for hydroxylation is 1. The van der Waals surface area contributed by atoms with Crippen molar-refractivity contribution >= 4 is 22.8 Å². The van der Waals surface area contributed by atoms with E-state index >= 15 is 0 Å². The molecule has 9 heteroatoms. The monoisotopic (exact) mass is 377 g/mol. The SMILES string of the molecule is CCSc1cc(C(F)(F)F)cnc1-c1nc2cc(CC#N)ncc2n1C. The molecule has 26 heavy (non-hydrogen) atoms. The molecule has 0 radical (unpaired) electrons. The lowest BCUT2D eigenvalue weighted by Gasteiger charge is -2.12. The number of rotatable bonds is 4. The van der Waals surface area contributed by atoms with Crippen LogP contribution >= 0.6 is 11.8 Å². The number of halogens is 3. The summed E-state index contributed by atoms with van der Waals surface area (Å²) in [6.07, 6.45) is -1.85. The topological polar surface area (TPSA) is 67.4 Å². The summed E-state index contributed by atoms with van der Waals surface area (Å²) in [5.74, 6) is 1.06. The van der Waals surface area contributed by atoms with E-state index in [0.717, 1.165) is 17.8 Å². The zero-order chi connectivity index (χ0) is 18.9. The molecule has 3 aromatic heterocycles. The lowest BCUT2D eigenvalue weighted by molar-refractivity contribution is -0.138. The predicted octanol–water partition coefficient (Wildman–Crippen LogP) is 4.23. The molecule has 0 N–H and O–H groups in total. The summed E-state index contributed by atoms with van der Waals surface area (Å²) in [6, 6.07) is 4.84. The maximum atomic E-state index is 13.0. The number of pyridine rings is 2. The van der Waals surface area contributed by atoms with Crippen molar-refractivity contribution < 1.29 is 13.2 Å². The van der Waals surface area contributed by atoms with Gasteiger partial charge in [-0.15, -0.1) is 11.8 Å². The van der Waals surface area contributed by atoms with Crippen LogP contribution in [0.4, 0.5) is 13.2 Å². The highest BCUT2D eigenvalue weighted by Crippen LogP contribution is 2.36. The Labute approximate surface area is 151 Å². The van der Waals surface area contributed by atoms with Gasteiger partial charge in [-0.25, -0.2) is 4.98 Å². The van der Waals surface area contributed by atoms with Crippen molar-refractivity contribution in [2.75, 3.05) is 5.75 Å². The van der Waals surface area contributed by atoms with Crippen molar-refractivity contribution in [2.45, 2.75) is 24.4 Å². The van der Waals surface area contributed by atoms with E-state index in [1.165, 1.54) is 11.8 Å². The summed E-state index contributed by atoms with van der Waals surface area (Å²) in [5.41, 5.74) is 1.54. The first-order chi connectivity index (χ1) is 12.3. The van der Waals surface area contributed by atoms with Gasteiger partial charge < -0.3 is 4.57 Å². The van der Waals surface area contributed by atoms with E-state index in [-0.39, 0.29) is 6.42 Å². The van der Waals surface area contributed by atoms with Gasteiger partial charge in [0.05, 0.1) is 41.0 Å². The summed E-state index contributed by atoms with van der Waals surface area (Å²) >= 11 is 1.28. The number of aromatic nitrogens is 4. The normalized spacial score (nSPS) is 11.7. The van der Waals surface area contributed by atoms with Crippen molar-refractivity contribution in [3.63, 3.8) is 0 Å². The first kappa shape index (κ1) is 18.2. The average Bonchev–Trinajstić information content (AvgIpc) is 2.91. The molecule has 0 aromatic carbocycles. The first-order valence-corrected chi connectivity index (χ1v) is 8.72. The quantitative estimate of drug-likeness (QED) is 0.637. The number of nitriles is 1. The number of alkyl halides is 3. The summed E-state index contributed by atoms with van der Waals surface area (Å²) in [5, 5.41) is 8.80. The van der Waals surface area contributed by atoms with E-state index in [4.69, 9.17) is 5.26 Å². The molecule has 0 fully saturated rings. The minimum Gasteiger partial charge on any atom is -0.325 e. The molecule has 0 aliphatic carbocycles. The van der Waals surface area contributed by atoms with Gasteiger partial charge in [0.25, 0.3) is 0 Å². The number of hydrogen-bond donors (Lipinski definition) is 0. The molecule has 0 amide bonds. The van der Waals surface area contributed by atoms with Gasteiger partial charge in [0.1, 0.15) is 5.69 Å². The molecule has 0 unspecified atom stereocenters. The highest BCUT2D eigenvalue weighted by Gasteiger charge is 2.32. The van der Waals surface area contributed by atoms with E-state index in [0.29, 0.717) is 33.4 Å². The number of fused-ring (bicyclic) bond motifs is 1. The van der Waals surface area contributed by atoms with E-state index in [2.05, 4.69) is 15.0 Å². The summed E-state index contributed by atoms with van der Waals surface area (Å²) < 4.78 is 40.7. The second-order valence-electron chi connectivity index (χ2n) is 5.50. The molecular weight excluding hydrogens is 363 g/mol. The van der Waals surface area contributed by atoms with Gasteiger partial charge in [-0.05, 0) is 17.9 Å². The molecule has 3 heterocycles. The lowest BCUT2D eigenvalue weighted by atomic mass is 10.2. The fraction of sp³-hybridized carbons (Fsp3) is 0.294. The first-order valence-electron chi connectivity index (χ1n) is 7.73. The Hall–Kier alpha value is -2.60. The van der Waals surface area contributed by atoms with Gasteiger partial charge in [0, 0.05) is 18.1 Å². The van der Waals surface area contributed by atoms with Gasteiger partial charge in [-0.3, -0.25) is 9.97 Å². The van der Waals surface area contributed by atoms with Crippen LogP contribution in [0, 0.1) is 11.3 Å². The number of imidazole rings is 1. The Morgan fingerprint density at radius 2 is 2.00 bits per heavy atom. The molecule has 0 bridgehead atoms. The predicted molar refractivity (Wildman–Crippen MR) is 92.5 cm³/mol. The second-order valence-corrected chi connectivity index (χ2v) is 6.80. The van der Waals surface area contributed by atoms with Gasteiger partial charge in [0.15, 0.2) is 5.82 Å². The van der Waals surface area contributed by atoms with E-state index in [1.807, 2.05) is 13.0 Å². The van der Waals surface area contributed by atoms with Crippen molar-refractivity contribution in [2.24, 2.45) is 7.05 Å². The van der Waals surface area contributed by atoms with Gasteiger partial charge >= 0.3 is 6.18 Å². The maximum absolute atomic E-state index is 13.0. The summed E-state index contributed by atoms with van der Waals surface area (Å²) in [6.45, 7) is 1.86. The van der Waals surface area contributed by atoms with Gasteiger partial charge in [-0.2, -0.15) is 18.4 Å². The van der Waals surface area contributed by atoms with Crippen molar-refractivity contribution in [1.82, 2.24) is 19.5 Å². The summed E-state index contributed by atoms with van der Waals surface area (Å²) in [7, 11) is 1.76. The average molecular weight is 377 g/mol. The Morgan fingerprint density at radius 1 is 1.23 bits per heavy atom. The van der Waals surface area contributed by atoms with Crippen LogP contribution < -0.4 is 0 Å². The van der Waals surface area contributed by atoms with Crippen LogP contribution in [0.3, 0.4) is 0 Å². The largest absolute Gasteiger partial charge is 0.417 e. The van der Waals surface area contributed by atoms with E-state index in [1.54, 1.807) is 23.9 Å². The standard InChI is InChI=1S/C17H14F3N5S/c1-3-26-14-6-10(17(18,19)20)8-23-15(14)16-24-12-7-11(4-5-21)22-9-13(12)25(16)2/h6-9H,3-4H2,1-2H3. The number of nitrogens with zero attached hydrogens (tertiary/aromatic N) is 5. The third-order valence-electron chi connectivity index (χ3n) is 3.78. The smallest absolute Gasteiger partial charge is 0.325 e. The zero-order valence-corrected chi connectivity index (χ0v) is 14.8. The summed E-state index contributed by atoms with van der Waals surface area (Å²) in [4.78, 5) is 13.2. The van der Waals surface area contributed by atoms with Crippen molar-refractivity contribution in [3.8, 4) is 17.6 Å². The second kappa shape index (κ2) is 6.96. The minimum absolute atomic E-state index is 0.164. The fourth-order valence-corrected chi connectivity index (χ4v) is 3.35. The highest BCUT2D eigenvalue weighted by atomic mass is 32.2. The molecule has 0 saturated heterocycles. The third kappa shape index (κ3) is 3.37. The minimum atomic E-state index is -4.45. The number of thioether (sulfide) groups is 1. The van der Waals surface area contributed by atoms with Crippen LogP contribution in [-0.2, 0) is 19.6 Å². The zero-order valence-electron chi connectivity index (χ0n) is 14.0. The van der Waals surface area contributed by atoms with Crippen molar-refractivity contribution in [3.05, 3.63) is 35.8 Å². The lowest BCUT2D eigenvalue weighted by Crippen LogP contribution is -2.07. The fourth-order valence-electron chi connectivity index (χ4n) is 2.55. The molecule has 134 valence electrons. The Morgan fingerprint density at radius 3 is 2.65 bits per heavy atom. The molecule has 0 aliphatic heterocycles. The maximum Gasteiger partial charge on any atom is 0.417 e. The molecule has 0 atom stereocenters. The van der Waals surface area contributed by atoms with E-state index in [9.17, 15) is 13.2 Å². The molecule has 0 spiro atoms. The van der Waals surface area contributed by atoms with Gasteiger partial charge in [-0.1, -0.05) is 6.92 Å². The van der Waals surface area contributed by atoms with Crippen LogP contribution in [0.15, 0.2) is 29.4 Å². The molecule has 5 nitrogen and oxygen atoms in total. The molecule has 3 aromatic rings. The molecule has 0 aliphatic rings. The molecule has 0 saturated carbocycles. The van der Waals surface area contributed by atoms with Crippen LogP contribution in [0.1, 0.15) is 18.2 Å². The Balaban J connectivity index is 2.16. The number of hydrogen-bond acceptors (Lipinski definition) is 5. The third-order valence-corrected chi connectivity index (χ3v) is 4.69. The van der Waals surface area contributed by atoms with Crippen LogP contribution in [0.25, 0.3) is 22.6 Å². The molecule has 3 rings (SSSR count). The Kier molecular flexibility index (Phi) is 4.87. The highest BCUT2D eigenvalue weighted by molar-refractivity contribution is 7.99. The van der Waals surface area contributed by atoms with Crippen molar-refractivity contribution in [1.29, 1.82) is 5.26 Å². The van der Waals surface area contributed by atoms with Crippen LogP contribution in [0.5, 0.6) is 0 Å². The van der Waals surface area contributed by atoms with Gasteiger partial charge in [0.2, 0.25) is 0 Å².